The first-order valence-corrected chi connectivity index (χ1v) is 20.8. The third-order valence-corrected chi connectivity index (χ3v) is 11.6. The lowest BCUT2D eigenvalue weighted by Crippen LogP contribution is -2.50. The second-order valence-electron chi connectivity index (χ2n) is 16.3. The zero-order valence-corrected chi connectivity index (χ0v) is 35.8. The Bertz CT molecular complexity index is 1910. The summed E-state index contributed by atoms with van der Waals surface area (Å²) in [6.07, 6.45) is -15.6. The van der Waals surface area contributed by atoms with Gasteiger partial charge in [0.2, 0.25) is 0 Å². The van der Waals surface area contributed by atoms with E-state index in [-0.39, 0.29) is 38.6 Å². The molecule has 2 aromatic rings. The molecule has 0 aliphatic carbocycles. The summed E-state index contributed by atoms with van der Waals surface area (Å²) in [6, 6.07) is 12.1. The smallest absolute Gasteiger partial charge is 0.425 e. The van der Waals surface area contributed by atoms with Crippen molar-refractivity contribution in [1.29, 1.82) is 0 Å². The van der Waals surface area contributed by atoms with Gasteiger partial charge in [-0.3, -0.25) is 14.6 Å². The van der Waals surface area contributed by atoms with Gasteiger partial charge in [-0.15, -0.1) is 0 Å². The Morgan fingerprint density at radius 2 is 1.08 bits per heavy atom. The summed E-state index contributed by atoms with van der Waals surface area (Å²) in [6.45, 7) is 12.2. The number of aryl methyl sites for hydroxylation is 2. The quantitative estimate of drug-likeness (QED) is 0.285. The molecule has 0 bridgehead atoms. The van der Waals surface area contributed by atoms with Crippen molar-refractivity contribution in [2.45, 2.75) is 77.9 Å². The molecule has 0 saturated carbocycles. The number of rotatable bonds is 10. The summed E-state index contributed by atoms with van der Waals surface area (Å²) < 4.78 is 90.0. The SMILES string of the molecule is Cc1ccc(CN2CCN(C(=O)OC(C)C(F)(F)F)CC2)c(N2CCC(C(=O)O)C2)c1.Cc1ccc(CN2CCN(C(=O)OC(C)C(F)(F)F)CC2)c(N2CCOC(C(=O)O)C2)c1. The Morgan fingerprint density at radius 1 is 0.651 bits per heavy atom. The normalized spacial score (nSPS) is 21.3. The number of ether oxygens (including phenoxy) is 3. The Hall–Kier alpha value is -5.02. The van der Waals surface area contributed by atoms with Gasteiger partial charge in [-0.25, -0.2) is 14.4 Å². The Labute approximate surface area is 362 Å². The topological polar surface area (TPSA) is 156 Å². The zero-order valence-electron chi connectivity index (χ0n) is 35.8. The lowest BCUT2D eigenvalue weighted by atomic mass is 10.1. The minimum Gasteiger partial charge on any atom is -0.481 e. The summed E-state index contributed by atoms with van der Waals surface area (Å²) in [7, 11) is 0. The summed E-state index contributed by atoms with van der Waals surface area (Å²) in [5.41, 5.74) is 6.18. The number of carboxylic acid groups (broad SMARTS) is 2. The van der Waals surface area contributed by atoms with E-state index in [9.17, 15) is 55.7 Å². The largest absolute Gasteiger partial charge is 0.481 e. The number of benzene rings is 2. The number of aliphatic carboxylic acids is 2. The van der Waals surface area contributed by atoms with Gasteiger partial charge in [-0.2, -0.15) is 26.3 Å². The van der Waals surface area contributed by atoms with Crippen molar-refractivity contribution in [1.82, 2.24) is 19.6 Å². The van der Waals surface area contributed by atoms with E-state index in [4.69, 9.17) is 4.74 Å². The number of morpholine rings is 1. The highest BCUT2D eigenvalue weighted by Gasteiger charge is 2.41. The predicted octanol–water partition coefficient (Wildman–Crippen LogP) is 5.60. The molecule has 2 aromatic carbocycles. The van der Waals surface area contributed by atoms with E-state index in [1.165, 1.54) is 9.80 Å². The van der Waals surface area contributed by atoms with Gasteiger partial charge in [0.1, 0.15) is 0 Å². The highest BCUT2D eigenvalue weighted by atomic mass is 19.4. The van der Waals surface area contributed by atoms with Crippen molar-refractivity contribution in [3.63, 3.8) is 0 Å². The molecule has 4 fully saturated rings. The van der Waals surface area contributed by atoms with Crippen molar-refractivity contribution < 1.29 is 69.9 Å². The standard InChI is InChI=1S/C21H28F3N3O5.C21H28F3N3O4/c1-14-3-4-16(17(11-14)27-9-10-31-18(13-27)19(28)29)12-25-5-7-26(8-6-25)20(30)32-15(2)21(22,23)24;1-14-3-4-16(18(11-14)27-6-5-17(13-27)19(28)29)12-25-7-9-26(10-8-25)20(30)31-15(2)21(22,23)24/h3-4,11,15,18H,5-10,12-13H2,1-2H3,(H,28,29);3-4,11,15,17H,5-10,12-13H2,1-2H3,(H,28,29). The van der Waals surface area contributed by atoms with Crippen LogP contribution in [0, 0.1) is 19.8 Å². The number of anilines is 2. The second kappa shape index (κ2) is 21.1. The van der Waals surface area contributed by atoms with E-state index in [2.05, 4.69) is 30.2 Å². The third kappa shape index (κ3) is 13.7. The zero-order chi connectivity index (χ0) is 46.2. The Kier molecular flexibility index (Phi) is 16.4. The van der Waals surface area contributed by atoms with E-state index in [0.717, 1.165) is 47.5 Å². The highest BCUT2D eigenvalue weighted by molar-refractivity contribution is 5.74. The van der Waals surface area contributed by atoms with Gasteiger partial charge >= 0.3 is 36.5 Å². The van der Waals surface area contributed by atoms with Crippen LogP contribution in [-0.4, -0.2) is 170 Å². The molecule has 0 radical (unpaired) electrons. The van der Waals surface area contributed by atoms with E-state index >= 15 is 0 Å². The molecule has 4 aliphatic rings. The maximum atomic E-state index is 12.6. The van der Waals surface area contributed by atoms with Crippen molar-refractivity contribution in [3.05, 3.63) is 58.7 Å². The van der Waals surface area contributed by atoms with Crippen molar-refractivity contribution in [2.24, 2.45) is 5.92 Å². The van der Waals surface area contributed by atoms with E-state index < -0.39 is 54.8 Å². The van der Waals surface area contributed by atoms with Crippen LogP contribution in [0.2, 0.25) is 0 Å². The molecule has 350 valence electrons. The molecule has 2 N–H and O–H groups in total. The lowest BCUT2D eigenvalue weighted by Gasteiger charge is -2.37. The molecule has 0 spiro atoms. The molecule has 15 nitrogen and oxygen atoms in total. The molecule has 4 unspecified atom stereocenters. The third-order valence-electron chi connectivity index (χ3n) is 11.6. The number of nitrogens with zero attached hydrogens (tertiary/aromatic N) is 6. The number of alkyl halides is 6. The second-order valence-corrected chi connectivity index (χ2v) is 16.3. The summed E-state index contributed by atoms with van der Waals surface area (Å²) in [4.78, 5) is 57.6. The van der Waals surface area contributed by atoms with Crippen molar-refractivity contribution in [3.8, 4) is 0 Å². The number of carbonyl (C=O) groups is 4. The van der Waals surface area contributed by atoms with Gasteiger partial charge in [0.05, 0.1) is 19.1 Å². The molecule has 21 heteroatoms. The monoisotopic (exact) mass is 902 g/mol. The van der Waals surface area contributed by atoms with Gasteiger partial charge < -0.3 is 44.0 Å². The Morgan fingerprint density at radius 3 is 1.46 bits per heavy atom. The van der Waals surface area contributed by atoms with Gasteiger partial charge in [-0.1, -0.05) is 24.3 Å². The minimum absolute atomic E-state index is 0.253. The maximum absolute atomic E-state index is 12.6. The summed E-state index contributed by atoms with van der Waals surface area (Å²) >= 11 is 0. The molecule has 6 rings (SSSR count). The number of amides is 2. The first-order chi connectivity index (χ1) is 29.6. The molecular formula is C42H56F6N6O9. The van der Waals surface area contributed by atoms with Crippen LogP contribution in [0.4, 0.5) is 47.3 Å². The fourth-order valence-corrected chi connectivity index (χ4v) is 7.65. The van der Waals surface area contributed by atoms with E-state index in [1.54, 1.807) is 0 Å². The number of hydrogen-bond acceptors (Lipinski definition) is 11. The number of carbonyl (C=O) groups excluding carboxylic acids is 2. The lowest BCUT2D eigenvalue weighted by molar-refractivity contribution is -0.200. The van der Waals surface area contributed by atoms with Crippen LogP contribution in [-0.2, 0) is 36.9 Å². The van der Waals surface area contributed by atoms with Crippen molar-refractivity contribution in [2.75, 3.05) is 94.9 Å². The van der Waals surface area contributed by atoms with Gasteiger partial charge in [0, 0.05) is 96.5 Å². The van der Waals surface area contributed by atoms with Gasteiger partial charge in [-0.05, 0) is 68.5 Å². The molecule has 4 heterocycles. The maximum Gasteiger partial charge on any atom is 0.425 e. The fourth-order valence-electron chi connectivity index (χ4n) is 7.65. The first-order valence-electron chi connectivity index (χ1n) is 20.8. The average Bonchev–Trinajstić information content (AvgIpc) is 3.73. The van der Waals surface area contributed by atoms with Crippen LogP contribution in [0.3, 0.4) is 0 Å². The van der Waals surface area contributed by atoms with Crippen LogP contribution in [0.1, 0.15) is 42.5 Å². The molecule has 0 aromatic heterocycles. The molecule has 63 heavy (non-hydrogen) atoms. The summed E-state index contributed by atoms with van der Waals surface area (Å²) in [5.74, 6) is -2.15. The van der Waals surface area contributed by atoms with E-state index in [1.807, 2.05) is 49.1 Å². The number of halogens is 6. The molecule has 4 aliphatic heterocycles. The number of carboxylic acids is 2. The average molecular weight is 903 g/mol. The predicted molar refractivity (Wildman–Crippen MR) is 218 cm³/mol. The highest BCUT2D eigenvalue weighted by Crippen LogP contribution is 2.31. The van der Waals surface area contributed by atoms with Crippen LogP contribution in [0.25, 0.3) is 0 Å². The molecule has 4 saturated heterocycles. The molecular weight excluding hydrogens is 846 g/mol. The van der Waals surface area contributed by atoms with Gasteiger partial charge in [0.25, 0.3) is 0 Å². The molecule has 4 atom stereocenters. The van der Waals surface area contributed by atoms with Crippen molar-refractivity contribution >= 4 is 35.5 Å². The van der Waals surface area contributed by atoms with Crippen LogP contribution >= 0.6 is 0 Å². The van der Waals surface area contributed by atoms with Crippen LogP contribution < -0.4 is 9.80 Å². The molecule has 2 amide bonds. The Balaban J connectivity index is 0.000000238. The van der Waals surface area contributed by atoms with Gasteiger partial charge in [0.15, 0.2) is 18.3 Å². The van der Waals surface area contributed by atoms with Crippen LogP contribution in [0.15, 0.2) is 36.4 Å². The summed E-state index contributed by atoms with van der Waals surface area (Å²) in [5, 5.41) is 18.6. The first kappa shape index (κ1) is 49.0. The fraction of sp³-hybridized carbons (Fsp3) is 0.619. The van der Waals surface area contributed by atoms with E-state index in [0.29, 0.717) is 71.9 Å². The minimum atomic E-state index is -4.58. The number of piperazine rings is 2. The van der Waals surface area contributed by atoms with Crippen LogP contribution in [0.5, 0.6) is 0 Å². The number of hydrogen-bond donors (Lipinski definition) is 2.